The van der Waals surface area contributed by atoms with Crippen LogP contribution in [-0.4, -0.2) is 28.6 Å². The molecule has 0 radical (unpaired) electrons. The van der Waals surface area contributed by atoms with Crippen molar-refractivity contribution in [2.24, 2.45) is 5.92 Å². The number of nitrogens with zero attached hydrogens (tertiary/aromatic N) is 2. The number of hydrogen-bond donors (Lipinski definition) is 1. The molecule has 4 aromatic rings. The molecule has 1 N–H and O–H groups in total. The van der Waals surface area contributed by atoms with Crippen molar-refractivity contribution in [2.75, 3.05) is 13.1 Å². The largest absolute Gasteiger partial charge is 0.633 e. The molecule has 6 rings (SSSR count). The van der Waals surface area contributed by atoms with Crippen LogP contribution in [0, 0.1) is 16.9 Å². The first kappa shape index (κ1) is 24.7. The van der Waals surface area contributed by atoms with E-state index in [2.05, 4.69) is 5.32 Å². The van der Waals surface area contributed by atoms with Gasteiger partial charge in [0.25, 0.3) is 5.91 Å². The van der Waals surface area contributed by atoms with Gasteiger partial charge in [-0.15, -0.1) is 0 Å². The van der Waals surface area contributed by atoms with Crippen LogP contribution in [0.2, 0.25) is 0 Å². The number of aromatic nitrogens is 1. The van der Waals surface area contributed by atoms with Gasteiger partial charge < -0.3 is 15.2 Å². The zero-order chi connectivity index (χ0) is 26.1. The lowest BCUT2D eigenvalue weighted by Gasteiger charge is -2.46. The highest BCUT2D eigenvalue weighted by Crippen LogP contribution is 2.42. The number of piperidine rings is 1. The van der Waals surface area contributed by atoms with Crippen molar-refractivity contribution < 1.29 is 13.8 Å². The maximum atomic E-state index is 14.3. The molecule has 0 spiro atoms. The van der Waals surface area contributed by atoms with Gasteiger partial charge in [0.2, 0.25) is 0 Å². The first-order valence-corrected chi connectivity index (χ1v) is 13.6. The Morgan fingerprint density at radius 2 is 1.71 bits per heavy atom. The quantitative estimate of drug-likeness (QED) is 0.217. The van der Waals surface area contributed by atoms with E-state index in [4.69, 9.17) is 4.98 Å². The number of amides is 1. The molecule has 1 aromatic heterocycles. The average molecular weight is 510 g/mol. The van der Waals surface area contributed by atoms with E-state index in [-0.39, 0.29) is 34.9 Å². The molecule has 1 aliphatic carbocycles. The van der Waals surface area contributed by atoms with Crippen LogP contribution >= 0.6 is 0 Å². The molecule has 1 saturated carbocycles. The Hall–Kier alpha value is -3.61. The molecular weight excluding hydrogens is 477 g/mol. The van der Waals surface area contributed by atoms with E-state index in [9.17, 15) is 14.4 Å². The number of para-hydroxylation sites is 1. The van der Waals surface area contributed by atoms with E-state index >= 15 is 0 Å². The Balaban J connectivity index is 1.50. The number of quaternary nitrogens is 1. The molecule has 5 nitrogen and oxygen atoms in total. The third-order valence-electron chi connectivity index (χ3n) is 7.93. The van der Waals surface area contributed by atoms with Gasteiger partial charge in [0.15, 0.2) is 0 Å². The number of fused-ring (bicyclic) bond motifs is 1. The summed E-state index contributed by atoms with van der Waals surface area (Å²) in [5.74, 6) is -0.280. The van der Waals surface area contributed by atoms with E-state index in [1.54, 1.807) is 6.07 Å². The number of carbonyl (C=O) groups excluding carboxylic acids is 1. The Bertz CT molecular complexity index is 1460. The molecule has 2 heterocycles. The maximum Gasteiger partial charge on any atom is 0.253 e. The lowest BCUT2D eigenvalue weighted by atomic mass is 9.94. The molecule has 1 aliphatic heterocycles. The fourth-order valence-electron chi connectivity index (χ4n) is 5.85. The van der Waals surface area contributed by atoms with Gasteiger partial charge >= 0.3 is 0 Å². The lowest BCUT2D eigenvalue weighted by Crippen LogP contribution is -2.46. The first-order valence-electron chi connectivity index (χ1n) is 13.6. The molecule has 2 fully saturated rings. The van der Waals surface area contributed by atoms with E-state index in [1.807, 2.05) is 60.7 Å². The zero-order valence-electron chi connectivity index (χ0n) is 21.4. The van der Waals surface area contributed by atoms with Crippen LogP contribution in [0.3, 0.4) is 0 Å². The Morgan fingerprint density at radius 3 is 2.45 bits per heavy atom. The van der Waals surface area contributed by atoms with Crippen LogP contribution in [0.1, 0.15) is 59.6 Å². The third-order valence-corrected chi connectivity index (χ3v) is 7.93. The zero-order valence-corrected chi connectivity index (χ0v) is 21.4. The normalized spacial score (nSPS) is 17.7. The molecule has 1 unspecified atom stereocenters. The molecule has 1 saturated heterocycles. The molecular formula is C32H32FN3O2. The van der Waals surface area contributed by atoms with Crippen molar-refractivity contribution in [1.82, 2.24) is 10.3 Å². The number of hydroxylamine groups is 3. The number of carbonyl (C=O) groups is 1. The topological polar surface area (TPSA) is 65.0 Å². The molecule has 1 atom stereocenters. The van der Waals surface area contributed by atoms with Gasteiger partial charge in [-0.05, 0) is 61.8 Å². The molecule has 0 bridgehead atoms. The van der Waals surface area contributed by atoms with Crippen LogP contribution in [0.15, 0.2) is 78.9 Å². The number of benzene rings is 3. The van der Waals surface area contributed by atoms with E-state index in [0.29, 0.717) is 35.4 Å². The summed E-state index contributed by atoms with van der Waals surface area (Å²) < 4.78 is 13.8. The summed E-state index contributed by atoms with van der Waals surface area (Å²) in [6, 6.07) is 23.7. The van der Waals surface area contributed by atoms with Crippen molar-refractivity contribution in [3.8, 4) is 11.3 Å². The number of rotatable bonds is 7. The first-order chi connectivity index (χ1) is 18.5. The fourth-order valence-corrected chi connectivity index (χ4v) is 5.85. The second-order valence-electron chi connectivity index (χ2n) is 10.8. The smallest absolute Gasteiger partial charge is 0.253 e. The second-order valence-corrected chi connectivity index (χ2v) is 10.8. The van der Waals surface area contributed by atoms with Gasteiger partial charge in [-0.2, -0.15) is 0 Å². The van der Waals surface area contributed by atoms with Gasteiger partial charge in [-0.3, -0.25) is 4.79 Å². The Morgan fingerprint density at radius 1 is 0.974 bits per heavy atom. The summed E-state index contributed by atoms with van der Waals surface area (Å²) >= 11 is 0. The van der Waals surface area contributed by atoms with E-state index in [1.165, 1.54) is 12.1 Å². The SMILES string of the molecule is O=C(NC(c1cccc(F)c1)C1CC1)c1c(C[N+]2([O-])CCCCC2)c(-c2ccccc2)nc2ccccc12. The minimum absolute atomic E-state index is 0.193. The number of likely N-dealkylation sites (tertiary alicyclic amines) is 1. The van der Waals surface area contributed by atoms with Crippen molar-refractivity contribution in [2.45, 2.75) is 44.7 Å². The number of hydrogen-bond acceptors (Lipinski definition) is 3. The molecule has 2 aliphatic rings. The van der Waals surface area contributed by atoms with Gasteiger partial charge in [-0.25, -0.2) is 9.37 Å². The highest BCUT2D eigenvalue weighted by molar-refractivity contribution is 6.09. The molecule has 194 valence electrons. The summed E-state index contributed by atoms with van der Waals surface area (Å²) in [6.45, 7) is 1.27. The molecule has 3 aromatic carbocycles. The number of halogens is 1. The predicted octanol–water partition coefficient (Wildman–Crippen LogP) is 6.92. The highest BCUT2D eigenvalue weighted by atomic mass is 19.1. The Kier molecular flexibility index (Phi) is 6.68. The summed E-state index contributed by atoms with van der Waals surface area (Å²) in [6.07, 6.45) is 4.81. The van der Waals surface area contributed by atoms with Crippen LogP contribution in [0.25, 0.3) is 22.2 Å². The van der Waals surface area contributed by atoms with Crippen molar-refractivity contribution >= 4 is 16.8 Å². The van der Waals surface area contributed by atoms with Crippen LogP contribution < -0.4 is 5.32 Å². The molecule has 38 heavy (non-hydrogen) atoms. The van der Waals surface area contributed by atoms with E-state index in [0.717, 1.165) is 48.6 Å². The van der Waals surface area contributed by atoms with Crippen LogP contribution in [-0.2, 0) is 6.54 Å². The lowest BCUT2D eigenvalue weighted by molar-refractivity contribution is -0.898. The van der Waals surface area contributed by atoms with Crippen LogP contribution in [0.4, 0.5) is 4.39 Å². The van der Waals surface area contributed by atoms with Crippen LogP contribution in [0.5, 0.6) is 0 Å². The summed E-state index contributed by atoms with van der Waals surface area (Å²) in [4.78, 5) is 19.3. The summed E-state index contributed by atoms with van der Waals surface area (Å²) in [7, 11) is 0. The van der Waals surface area contributed by atoms with Crippen molar-refractivity contribution in [3.63, 3.8) is 0 Å². The number of pyridine rings is 1. The maximum absolute atomic E-state index is 14.3. The Labute approximate surface area is 222 Å². The van der Waals surface area contributed by atoms with Gasteiger partial charge in [0.1, 0.15) is 12.4 Å². The predicted molar refractivity (Wildman–Crippen MR) is 147 cm³/mol. The van der Waals surface area contributed by atoms with Gasteiger partial charge in [0, 0.05) is 16.5 Å². The molecule has 1 amide bonds. The fraction of sp³-hybridized carbons (Fsp3) is 0.312. The minimum Gasteiger partial charge on any atom is -0.633 e. The summed E-state index contributed by atoms with van der Waals surface area (Å²) in [5, 5.41) is 17.9. The third kappa shape index (κ3) is 5.06. The average Bonchev–Trinajstić information content (AvgIpc) is 3.77. The second kappa shape index (κ2) is 10.3. The summed E-state index contributed by atoms with van der Waals surface area (Å²) in [5.41, 5.74) is 4.25. The number of nitrogens with one attached hydrogen (secondary N) is 1. The highest BCUT2D eigenvalue weighted by Gasteiger charge is 2.35. The van der Waals surface area contributed by atoms with Crippen molar-refractivity contribution in [1.29, 1.82) is 0 Å². The molecule has 6 heteroatoms. The van der Waals surface area contributed by atoms with Crippen molar-refractivity contribution in [3.05, 3.63) is 107 Å². The van der Waals surface area contributed by atoms with Gasteiger partial charge in [0.05, 0.1) is 35.9 Å². The van der Waals surface area contributed by atoms with E-state index < -0.39 is 0 Å². The standard InChI is InChI=1S/C32H32FN3O2/c33-25-13-9-12-24(20-25)30(23-16-17-23)35-32(37)29-26-14-5-6-15-28(26)34-31(22-10-3-1-4-11-22)27(29)21-36(38)18-7-2-8-19-36/h1,3-6,9-15,20,23,30H,2,7-8,16-19,21H2,(H,35,37). The van der Waals surface area contributed by atoms with Gasteiger partial charge in [-0.1, -0.05) is 60.7 Å². The monoisotopic (exact) mass is 509 g/mol. The minimum atomic E-state index is -0.351.